The summed E-state index contributed by atoms with van der Waals surface area (Å²) in [5.74, 6) is -0.0902. The van der Waals surface area contributed by atoms with Gasteiger partial charge in [0.25, 0.3) is 0 Å². The summed E-state index contributed by atoms with van der Waals surface area (Å²) in [5, 5.41) is 12.6. The molecule has 2 aromatic rings. The van der Waals surface area contributed by atoms with E-state index in [4.69, 9.17) is 5.26 Å². The van der Waals surface area contributed by atoms with E-state index in [-0.39, 0.29) is 12.0 Å². The highest BCUT2D eigenvalue weighted by molar-refractivity contribution is 5.45. The van der Waals surface area contributed by atoms with Crippen molar-refractivity contribution in [2.75, 3.05) is 5.32 Å². The molecule has 0 aliphatic carbocycles. The van der Waals surface area contributed by atoms with Crippen LogP contribution >= 0.6 is 0 Å². The fourth-order valence-corrected chi connectivity index (χ4v) is 1.95. The highest BCUT2D eigenvalue weighted by Crippen LogP contribution is 2.26. The molecule has 0 heterocycles. The molecule has 0 bridgehead atoms. The van der Waals surface area contributed by atoms with Crippen LogP contribution in [0.2, 0.25) is 0 Å². The number of anilines is 1. The number of nitrogens with zero attached hydrogens (tertiary/aromatic N) is 1. The Bertz CT molecular complexity index is 514. The summed E-state index contributed by atoms with van der Waals surface area (Å²) < 4.78 is 0. The molecule has 0 spiro atoms. The van der Waals surface area contributed by atoms with E-state index in [9.17, 15) is 0 Å². The van der Waals surface area contributed by atoms with Crippen LogP contribution in [-0.4, -0.2) is 0 Å². The van der Waals surface area contributed by atoms with Crippen LogP contribution in [0.4, 0.5) is 5.69 Å². The smallest absolute Gasteiger partial charge is 0.0678 e. The lowest BCUT2D eigenvalue weighted by Gasteiger charge is -2.22. The van der Waals surface area contributed by atoms with Gasteiger partial charge in [0.1, 0.15) is 0 Å². The lowest BCUT2D eigenvalue weighted by Crippen LogP contribution is -2.17. The Morgan fingerprint density at radius 3 is 2.06 bits per heavy atom. The predicted octanol–water partition coefficient (Wildman–Crippen LogP) is 4.00. The van der Waals surface area contributed by atoms with Crippen molar-refractivity contribution in [3.63, 3.8) is 0 Å². The number of hydrogen-bond acceptors (Lipinski definition) is 2. The van der Waals surface area contributed by atoms with E-state index in [1.165, 1.54) is 0 Å². The molecule has 0 saturated carbocycles. The van der Waals surface area contributed by atoms with Crippen LogP contribution in [-0.2, 0) is 0 Å². The van der Waals surface area contributed by atoms with E-state index >= 15 is 0 Å². The van der Waals surface area contributed by atoms with E-state index < -0.39 is 0 Å². The highest BCUT2D eigenvalue weighted by Gasteiger charge is 2.18. The quantitative estimate of drug-likeness (QED) is 0.871. The zero-order chi connectivity index (χ0) is 12.8. The van der Waals surface area contributed by atoms with Crippen LogP contribution in [0.25, 0.3) is 0 Å². The lowest BCUT2D eigenvalue weighted by molar-refractivity contribution is 0.616. The van der Waals surface area contributed by atoms with Gasteiger partial charge in [-0.2, -0.15) is 5.26 Å². The van der Waals surface area contributed by atoms with Gasteiger partial charge in [0, 0.05) is 5.69 Å². The molecular weight excluding hydrogens is 220 g/mol. The van der Waals surface area contributed by atoms with Gasteiger partial charge in [-0.15, -0.1) is 0 Å². The maximum Gasteiger partial charge on any atom is 0.0678 e. The second kappa shape index (κ2) is 5.88. The van der Waals surface area contributed by atoms with Gasteiger partial charge in [0.05, 0.1) is 18.0 Å². The third-order valence-electron chi connectivity index (χ3n) is 2.96. The molecule has 2 atom stereocenters. The molecule has 0 saturated heterocycles. The first-order valence-corrected chi connectivity index (χ1v) is 6.07. The summed E-state index contributed by atoms with van der Waals surface area (Å²) in [7, 11) is 0. The molecule has 2 heteroatoms. The Kier molecular flexibility index (Phi) is 3.98. The van der Waals surface area contributed by atoms with Gasteiger partial charge >= 0.3 is 0 Å². The largest absolute Gasteiger partial charge is 0.377 e. The second-order valence-corrected chi connectivity index (χ2v) is 4.32. The average Bonchev–Trinajstić information content (AvgIpc) is 2.46. The minimum atomic E-state index is -0.0902. The number of nitrogens with one attached hydrogen (secondary N) is 1. The molecular formula is C16H16N2. The van der Waals surface area contributed by atoms with Gasteiger partial charge < -0.3 is 5.32 Å². The Balaban J connectivity index is 2.25. The maximum atomic E-state index is 9.15. The number of para-hydroxylation sites is 1. The molecule has 90 valence electrons. The molecule has 2 rings (SSSR count). The Morgan fingerprint density at radius 1 is 0.944 bits per heavy atom. The Labute approximate surface area is 108 Å². The molecule has 0 fully saturated rings. The van der Waals surface area contributed by atoms with E-state index in [2.05, 4.69) is 23.5 Å². The molecule has 0 aliphatic heterocycles. The van der Waals surface area contributed by atoms with Crippen molar-refractivity contribution in [2.24, 2.45) is 5.92 Å². The van der Waals surface area contributed by atoms with E-state index in [1.54, 1.807) is 0 Å². The molecule has 2 aromatic carbocycles. The van der Waals surface area contributed by atoms with Crippen LogP contribution in [0.5, 0.6) is 0 Å². The van der Waals surface area contributed by atoms with Crippen molar-refractivity contribution in [3.05, 3.63) is 66.2 Å². The van der Waals surface area contributed by atoms with Gasteiger partial charge in [-0.1, -0.05) is 48.5 Å². The van der Waals surface area contributed by atoms with Gasteiger partial charge in [0.15, 0.2) is 0 Å². The summed E-state index contributed by atoms with van der Waals surface area (Å²) in [6, 6.07) is 22.4. The summed E-state index contributed by atoms with van der Waals surface area (Å²) >= 11 is 0. The van der Waals surface area contributed by atoms with Gasteiger partial charge in [-0.05, 0) is 24.6 Å². The SMILES string of the molecule is C[C@H](C#N)[C@H](Nc1ccccc1)c1ccccc1. The van der Waals surface area contributed by atoms with E-state index in [1.807, 2.05) is 55.5 Å². The first kappa shape index (κ1) is 12.2. The fraction of sp³-hybridized carbons (Fsp3) is 0.188. The summed E-state index contributed by atoms with van der Waals surface area (Å²) in [4.78, 5) is 0. The standard InChI is InChI=1S/C16H16N2/c1-13(12-17)16(14-8-4-2-5-9-14)18-15-10-6-3-7-11-15/h2-11,13,16,18H,1H3/t13-,16+/m1/s1. The highest BCUT2D eigenvalue weighted by atomic mass is 14.9. The first-order chi connectivity index (χ1) is 8.81. The minimum absolute atomic E-state index is 0.0126. The average molecular weight is 236 g/mol. The van der Waals surface area contributed by atoms with Crippen molar-refractivity contribution >= 4 is 5.69 Å². The molecule has 0 unspecified atom stereocenters. The molecule has 0 radical (unpaired) electrons. The van der Waals surface area contributed by atoms with Crippen molar-refractivity contribution in [2.45, 2.75) is 13.0 Å². The van der Waals surface area contributed by atoms with Crippen LogP contribution in [0.15, 0.2) is 60.7 Å². The number of benzene rings is 2. The summed E-state index contributed by atoms with van der Waals surface area (Å²) in [5.41, 5.74) is 2.17. The van der Waals surface area contributed by atoms with Crippen molar-refractivity contribution in [1.82, 2.24) is 0 Å². The van der Waals surface area contributed by atoms with Crippen molar-refractivity contribution in [3.8, 4) is 6.07 Å². The number of hydrogen-bond donors (Lipinski definition) is 1. The predicted molar refractivity (Wildman–Crippen MR) is 74.0 cm³/mol. The second-order valence-electron chi connectivity index (χ2n) is 4.32. The van der Waals surface area contributed by atoms with E-state index in [0.717, 1.165) is 11.3 Å². The zero-order valence-electron chi connectivity index (χ0n) is 10.4. The van der Waals surface area contributed by atoms with Crippen molar-refractivity contribution < 1.29 is 0 Å². The first-order valence-electron chi connectivity index (χ1n) is 6.07. The third kappa shape index (κ3) is 2.89. The van der Waals surface area contributed by atoms with Gasteiger partial charge in [-0.25, -0.2) is 0 Å². The number of rotatable bonds is 4. The van der Waals surface area contributed by atoms with Crippen LogP contribution in [0.3, 0.4) is 0 Å². The Morgan fingerprint density at radius 2 is 1.50 bits per heavy atom. The van der Waals surface area contributed by atoms with Gasteiger partial charge in [0.2, 0.25) is 0 Å². The van der Waals surface area contributed by atoms with Crippen LogP contribution in [0.1, 0.15) is 18.5 Å². The third-order valence-corrected chi connectivity index (χ3v) is 2.96. The van der Waals surface area contributed by atoms with Crippen LogP contribution in [0, 0.1) is 17.2 Å². The Hall–Kier alpha value is -2.27. The summed E-state index contributed by atoms with van der Waals surface area (Å²) in [6.07, 6.45) is 0. The zero-order valence-corrected chi connectivity index (χ0v) is 10.4. The molecule has 1 N–H and O–H groups in total. The monoisotopic (exact) mass is 236 g/mol. The van der Waals surface area contributed by atoms with Gasteiger partial charge in [-0.3, -0.25) is 0 Å². The molecule has 0 aromatic heterocycles. The number of nitriles is 1. The summed E-state index contributed by atoms with van der Waals surface area (Å²) in [6.45, 7) is 1.94. The van der Waals surface area contributed by atoms with Crippen molar-refractivity contribution in [1.29, 1.82) is 5.26 Å². The van der Waals surface area contributed by atoms with Crippen LogP contribution < -0.4 is 5.32 Å². The topological polar surface area (TPSA) is 35.8 Å². The molecule has 0 amide bonds. The normalized spacial score (nSPS) is 13.3. The van der Waals surface area contributed by atoms with E-state index in [0.29, 0.717) is 0 Å². The lowest BCUT2D eigenvalue weighted by atomic mass is 9.95. The molecule has 0 aliphatic rings. The maximum absolute atomic E-state index is 9.15. The molecule has 2 nitrogen and oxygen atoms in total. The minimum Gasteiger partial charge on any atom is -0.377 e. The fourth-order valence-electron chi connectivity index (χ4n) is 1.95. The molecule has 18 heavy (non-hydrogen) atoms.